The first kappa shape index (κ1) is 19.0. The normalized spacial score (nSPS) is 28.0. The zero-order chi connectivity index (χ0) is 19.8. The number of likely N-dealkylation sites (tertiary alicyclic amines) is 1. The minimum Gasteiger partial charge on any atom is -0.322 e. The topological polar surface area (TPSA) is 81.8 Å². The number of piperidine rings is 1. The molecule has 0 spiro atoms. The highest BCUT2D eigenvalue weighted by atomic mass is 19.1. The zero-order valence-electron chi connectivity index (χ0n) is 15.9. The van der Waals surface area contributed by atoms with Crippen molar-refractivity contribution in [3.8, 4) is 0 Å². The van der Waals surface area contributed by atoms with Crippen LogP contribution in [0.2, 0.25) is 0 Å². The fourth-order valence-electron chi connectivity index (χ4n) is 4.50. The second-order valence-electron chi connectivity index (χ2n) is 7.87. The number of hydrogen-bond donors (Lipinski definition) is 2. The Bertz CT molecular complexity index is 815. The third kappa shape index (κ3) is 3.54. The molecule has 1 aromatic carbocycles. The maximum atomic E-state index is 13.9. The van der Waals surface area contributed by atoms with E-state index in [1.54, 1.807) is 4.90 Å². The first-order chi connectivity index (χ1) is 13.5. The van der Waals surface area contributed by atoms with Gasteiger partial charge in [-0.2, -0.15) is 0 Å². The number of nitrogens with zero attached hydrogens (tertiary/aromatic N) is 2. The molecule has 28 heavy (non-hydrogen) atoms. The summed E-state index contributed by atoms with van der Waals surface area (Å²) in [7, 11) is 1.86. The Hall–Kier alpha value is -2.32. The molecule has 7 nitrogen and oxygen atoms in total. The predicted octanol–water partition coefficient (Wildman–Crippen LogP) is 0.579. The molecule has 3 heterocycles. The summed E-state index contributed by atoms with van der Waals surface area (Å²) < 4.78 is 13.9. The summed E-state index contributed by atoms with van der Waals surface area (Å²) in [4.78, 5) is 40.1. The molecule has 0 radical (unpaired) electrons. The van der Waals surface area contributed by atoms with E-state index in [2.05, 4.69) is 15.5 Å². The maximum Gasteiger partial charge on any atom is 0.255 e. The average molecular weight is 388 g/mol. The minimum atomic E-state index is -0.822. The van der Waals surface area contributed by atoms with Crippen LogP contribution in [0.4, 0.5) is 4.39 Å². The second-order valence-corrected chi connectivity index (χ2v) is 7.87. The zero-order valence-corrected chi connectivity index (χ0v) is 15.9. The summed E-state index contributed by atoms with van der Waals surface area (Å²) in [6.07, 6.45) is 0.300. The lowest BCUT2D eigenvalue weighted by atomic mass is 10.0. The van der Waals surface area contributed by atoms with Gasteiger partial charge in [0, 0.05) is 44.2 Å². The van der Waals surface area contributed by atoms with Crippen molar-refractivity contribution in [2.45, 2.75) is 50.6 Å². The van der Waals surface area contributed by atoms with Gasteiger partial charge in [-0.15, -0.1) is 0 Å². The van der Waals surface area contributed by atoms with E-state index in [-0.39, 0.29) is 24.3 Å². The van der Waals surface area contributed by atoms with Gasteiger partial charge in [-0.1, -0.05) is 12.1 Å². The fraction of sp³-hybridized carbons (Fsp3) is 0.550. The van der Waals surface area contributed by atoms with Gasteiger partial charge < -0.3 is 10.2 Å². The number of alkyl halides is 1. The number of imide groups is 1. The molecule has 2 fully saturated rings. The molecule has 1 unspecified atom stereocenters. The van der Waals surface area contributed by atoms with Crippen molar-refractivity contribution in [1.82, 2.24) is 20.4 Å². The monoisotopic (exact) mass is 388 g/mol. The Labute approximate surface area is 163 Å². The molecule has 1 aromatic rings. The second kappa shape index (κ2) is 7.60. The van der Waals surface area contributed by atoms with Gasteiger partial charge in [-0.25, -0.2) is 4.39 Å². The number of carbonyl (C=O) groups is 3. The van der Waals surface area contributed by atoms with Crippen molar-refractivity contribution in [2.24, 2.45) is 0 Å². The molecular weight excluding hydrogens is 363 g/mol. The predicted molar refractivity (Wildman–Crippen MR) is 100 cm³/mol. The van der Waals surface area contributed by atoms with Crippen LogP contribution in [-0.4, -0.2) is 65.9 Å². The molecule has 2 saturated heterocycles. The van der Waals surface area contributed by atoms with Crippen LogP contribution in [0.5, 0.6) is 0 Å². The highest BCUT2D eigenvalue weighted by Gasteiger charge is 2.39. The van der Waals surface area contributed by atoms with Crippen molar-refractivity contribution in [1.29, 1.82) is 0 Å². The molecule has 3 aliphatic heterocycles. The van der Waals surface area contributed by atoms with Gasteiger partial charge in [-0.3, -0.25) is 24.6 Å². The standard InChI is InChI=1S/C20H25FN4O3/c1-22-8-15-7-14(21)11-24(15)9-12-2-3-13-10-25(20(28)16(13)6-12)17-4-5-18(26)23-19(17)27/h2-3,6,14-15,17,22H,4-5,7-11H2,1H3,(H,23,26,27)/t14-,15-,17?/m0/s1. The third-order valence-electron chi connectivity index (χ3n) is 5.89. The molecule has 3 amide bonds. The first-order valence-corrected chi connectivity index (χ1v) is 9.75. The van der Waals surface area contributed by atoms with E-state index in [0.29, 0.717) is 38.0 Å². The van der Waals surface area contributed by atoms with Crippen LogP contribution in [0.15, 0.2) is 18.2 Å². The maximum absolute atomic E-state index is 13.9. The van der Waals surface area contributed by atoms with Crippen LogP contribution < -0.4 is 10.6 Å². The van der Waals surface area contributed by atoms with Crippen molar-refractivity contribution in [3.05, 3.63) is 34.9 Å². The summed E-state index contributed by atoms with van der Waals surface area (Å²) in [5.41, 5.74) is 2.45. The lowest BCUT2D eigenvalue weighted by Gasteiger charge is -2.29. The van der Waals surface area contributed by atoms with E-state index in [0.717, 1.165) is 17.7 Å². The number of amides is 3. The van der Waals surface area contributed by atoms with E-state index in [9.17, 15) is 18.8 Å². The highest BCUT2D eigenvalue weighted by Crippen LogP contribution is 2.29. The molecule has 150 valence electrons. The SMILES string of the molecule is CNC[C@@H]1C[C@H](F)CN1Cc1ccc2c(c1)C(=O)N(C1CCC(=O)NC1=O)C2. The van der Waals surface area contributed by atoms with Gasteiger partial charge in [0.15, 0.2) is 0 Å². The molecular formula is C20H25FN4O3. The number of fused-ring (bicyclic) bond motifs is 1. The third-order valence-corrected chi connectivity index (χ3v) is 5.89. The number of hydrogen-bond acceptors (Lipinski definition) is 5. The number of benzene rings is 1. The Balaban J connectivity index is 1.48. The van der Waals surface area contributed by atoms with Gasteiger partial charge in [-0.05, 0) is 37.1 Å². The number of carbonyl (C=O) groups excluding carboxylic acids is 3. The van der Waals surface area contributed by atoms with Crippen molar-refractivity contribution < 1.29 is 18.8 Å². The van der Waals surface area contributed by atoms with Crippen molar-refractivity contribution >= 4 is 17.7 Å². The number of rotatable bonds is 5. The Morgan fingerprint density at radius 3 is 2.86 bits per heavy atom. The van der Waals surface area contributed by atoms with Gasteiger partial charge in [0.2, 0.25) is 11.8 Å². The van der Waals surface area contributed by atoms with Crippen LogP contribution in [0.3, 0.4) is 0 Å². The number of halogens is 1. The van der Waals surface area contributed by atoms with E-state index in [1.165, 1.54) is 0 Å². The van der Waals surface area contributed by atoms with E-state index >= 15 is 0 Å². The van der Waals surface area contributed by atoms with E-state index in [4.69, 9.17) is 0 Å². The smallest absolute Gasteiger partial charge is 0.255 e. The lowest BCUT2D eigenvalue weighted by Crippen LogP contribution is -2.52. The van der Waals surface area contributed by atoms with Crippen molar-refractivity contribution in [3.63, 3.8) is 0 Å². The number of likely N-dealkylation sites (N-methyl/N-ethyl adjacent to an activating group) is 1. The Morgan fingerprint density at radius 1 is 1.29 bits per heavy atom. The summed E-state index contributed by atoms with van der Waals surface area (Å²) >= 11 is 0. The molecule has 0 aliphatic carbocycles. The summed E-state index contributed by atoms with van der Waals surface area (Å²) in [5, 5.41) is 5.43. The number of nitrogens with one attached hydrogen (secondary N) is 2. The quantitative estimate of drug-likeness (QED) is 0.722. The van der Waals surface area contributed by atoms with Crippen LogP contribution >= 0.6 is 0 Å². The first-order valence-electron chi connectivity index (χ1n) is 9.75. The molecule has 0 saturated carbocycles. The summed E-state index contributed by atoms with van der Waals surface area (Å²) in [5.74, 6) is -0.873. The molecule has 8 heteroatoms. The van der Waals surface area contributed by atoms with E-state index < -0.39 is 18.1 Å². The highest BCUT2D eigenvalue weighted by molar-refractivity contribution is 6.05. The van der Waals surface area contributed by atoms with Crippen LogP contribution in [0.1, 0.15) is 40.7 Å². The Morgan fingerprint density at radius 2 is 2.11 bits per heavy atom. The summed E-state index contributed by atoms with van der Waals surface area (Å²) in [6.45, 7) is 2.10. The van der Waals surface area contributed by atoms with Gasteiger partial charge in [0.25, 0.3) is 5.91 Å². The van der Waals surface area contributed by atoms with E-state index in [1.807, 2.05) is 25.2 Å². The fourth-order valence-corrected chi connectivity index (χ4v) is 4.50. The van der Waals surface area contributed by atoms with Crippen LogP contribution in [0.25, 0.3) is 0 Å². The van der Waals surface area contributed by atoms with Gasteiger partial charge in [0.1, 0.15) is 12.2 Å². The molecule has 0 bridgehead atoms. The van der Waals surface area contributed by atoms with Crippen LogP contribution in [0, 0.1) is 0 Å². The molecule has 3 atom stereocenters. The van der Waals surface area contributed by atoms with Crippen LogP contribution in [-0.2, 0) is 22.7 Å². The molecule has 3 aliphatic rings. The molecule has 0 aromatic heterocycles. The van der Waals surface area contributed by atoms with Gasteiger partial charge >= 0.3 is 0 Å². The largest absolute Gasteiger partial charge is 0.322 e. The average Bonchev–Trinajstić information content (AvgIpc) is 3.15. The lowest BCUT2D eigenvalue weighted by molar-refractivity contribution is -0.136. The minimum absolute atomic E-state index is 0.143. The Kier molecular flexibility index (Phi) is 5.16. The summed E-state index contributed by atoms with van der Waals surface area (Å²) in [6, 6.07) is 5.30. The molecule has 2 N–H and O–H groups in total. The van der Waals surface area contributed by atoms with Crippen molar-refractivity contribution in [2.75, 3.05) is 20.1 Å². The molecule has 4 rings (SSSR count). The van der Waals surface area contributed by atoms with Gasteiger partial charge in [0.05, 0.1) is 0 Å².